The number of para-hydroxylation sites is 1. The van der Waals surface area contributed by atoms with E-state index in [9.17, 15) is 4.79 Å². The zero-order valence-electron chi connectivity index (χ0n) is 11.5. The summed E-state index contributed by atoms with van der Waals surface area (Å²) in [6.07, 6.45) is 6.40. The Hall–Kier alpha value is -1.77. The molecule has 0 bridgehead atoms. The van der Waals surface area contributed by atoms with Gasteiger partial charge in [-0.05, 0) is 18.9 Å². The van der Waals surface area contributed by atoms with Crippen LogP contribution in [0.2, 0.25) is 0 Å². The maximum absolute atomic E-state index is 12.6. The first-order chi connectivity index (χ1) is 9.22. The highest BCUT2D eigenvalue weighted by atomic mass is 16.5. The van der Waals surface area contributed by atoms with E-state index in [1.165, 1.54) is 12.8 Å². The molecule has 1 fully saturated rings. The maximum atomic E-state index is 12.6. The number of carbonyl (C=O) groups is 1. The van der Waals surface area contributed by atoms with Crippen molar-refractivity contribution in [2.75, 3.05) is 7.11 Å². The number of hydrogen-bond acceptors (Lipinski definition) is 2. The van der Waals surface area contributed by atoms with Crippen LogP contribution in [0.3, 0.4) is 0 Å². The molecule has 0 amide bonds. The SMILES string of the molecule is COc1cccc2c(C(=O)C3CCCC3)cn(C)c12. The minimum absolute atomic E-state index is 0.219. The molecule has 0 radical (unpaired) electrons. The van der Waals surface area contributed by atoms with Crippen molar-refractivity contribution < 1.29 is 9.53 Å². The summed E-state index contributed by atoms with van der Waals surface area (Å²) in [5.41, 5.74) is 1.86. The van der Waals surface area contributed by atoms with Crippen LogP contribution in [0.25, 0.3) is 10.9 Å². The monoisotopic (exact) mass is 257 g/mol. The lowest BCUT2D eigenvalue weighted by atomic mass is 9.96. The minimum Gasteiger partial charge on any atom is -0.495 e. The Balaban J connectivity index is 2.12. The van der Waals surface area contributed by atoms with E-state index in [0.29, 0.717) is 5.78 Å². The smallest absolute Gasteiger partial charge is 0.168 e. The molecule has 0 saturated heterocycles. The highest BCUT2D eigenvalue weighted by Crippen LogP contribution is 2.34. The van der Waals surface area contributed by atoms with Gasteiger partial charge in [-0.2, -0.15) is 0 Å². The number of aryl methyl sites for hydroxylation is 1. The molecule has 0 spiro atoms. The fraction of sp³-hybridized carbons (Fsp3) is 0.438. The molecule has 0 atom stereocenters. The summed E-state index contributed by atoms with van der Waals surface area (Å²) in [5.74, 6) is 1.35. The molecule has 0 N–H and O–H groups in total. The fourth-order valence-electron chi connectivity index (χ4n) is 3.20. The van der Waals surface area contributed by atoms with Gasteiger partial charge in [-0.25, -0.2) is 0 Å². The standard InChI is InChI=1S/C16H19NO2/c1-17-10-13(16(18)11-6-3-4-7-11)12-8-5-9-14(19-2)15(12)17/h5,8-11H,3-4,6-7H2,1-2H3. The summed E-state index contributed by atoms with van der Waals surface area (Å²) in [4.78, 5) is 12.6. The first-order valence-electron chi connectivity index (χ1n) is 6.88. The number of ether oxygens (including phenoxy) is 1. The van der Waals surface area contributed by atoms with Crippen LogP contribution in [0.15, 0.2) is 24.4 Å². The van der Waals surface area contributed by atoms with Gasteiger partial charge in [-0.3, -0.25) is 4.79 Å². The van der Waals surface area contributed by atoms with Crippen LogP contribution >= 0.6 is 0 Å². The Morgan fingerprint density at radius 2 is 2.05 bits per heavy atom. The van der Waals surface area contributed by atoms with Gasteiger partial charge in [-0.15, -0.1) is 0 Å². The summed E-state index contributed by atoms with van der Waals surface area (Å²) < 4.78 is 7.39. The fourth-order valence-corrected chi connectivity index (χ4v) is 3.20. The van der Waals surface area contributed by atoms with Crippen LogP contribution in [0.4, 0.5) is 0 Å². The number of ketones is 1. The molecular weight excluding hydrogens is 238 g/mol. The predicted octanol–water partition coefficient (Wildman–Crippen LogP) is 3.56. The number of carbonyl (C=O) groups excluding carboxylic acids is 1. The normalized spacial score (nSPS) is 16.1. The van der Waals surface area contributed by atoms with E-state index in [0.717, 1.165) is 35.1 Å². The number of nitrogens with zero attached hydrogens (tertiary/aromatic N) is 1. The molecule has 0 aliphatic heterocycles. The highest BCUT2D eigenvalue weighted by molar-refractivity contribution is 6.10. The van der Waals surface area contributed by atoms with Crippen molar-refractivity contribution in [2.24, 2.45) is 13.0 Å². The van der Waals surface area contributed by atoms with E-state index in [4.69, 9.17) is 4.74 Å². The second-order valence-electron chi connectivity index (χ2n) is 5.36. The van der Waals surface area contributed by atoms with E-state index >= 15 is 0 Å². The third-order valence-electron chi connectivity index (χ3n) is 4.18. The molecule has 3 nitrogen and oxygen atoms in total. The number of Topliss-reactive ketones (excluding diaryl/α,β-unsaturated/α-hetero) is 1. The summed E-state index contributed by atoms with van der Waals surface area (Å²) in [6.45, 7) is 0. The predicted molar refractivity (Wildman–Crippen MR) is 75.8 cm³/mol. The molecule has 1 saturated carbocycles. The van der Waals surface area contributed by atoms with E-state index in [1.54, 1.807) is 7.11 Å². The molecule has 2 aromatic rings. The maximum Gasteiger partial charge on any atom is 0.168 e. The van der Waals surface area contributed by atoms with Crippen molar-refractivity contribution in [3.63, 3.8) is 0 Å². The first kappa shape index (κ1) is 12.3. The Labute approximate surface area is 113 Å². The number of methoxy groups -OCH3 is 1. The number of hydrogen-bond donors (Lipinski definition) is 0. The van der Waals surface area contributed by atoms with Gasteiger partial charge >= 0.3 is 0 Å². The lowest BCUT2D eigenvalue weighted by molar-refractivity contribution is 0.0924. The molecule has 1 heterocycles. The Bertz CT molecular complexity index is 621. The van der Waals surface area contributed by atoms with E-state index < -0.39 is 0 Å². The summed E-state index contributed by atoms with van der Waals surface area (Å²) in [5, 5.41) is 1.01. The van der Waals surface area contributed by atoms with Crippen LogP contribution < -0.4 is 4.74 Å². The van der Waals surface area contributed by atoms with Crippen molar-refractivity contribution in [1.82, 2.24) is 4.57 Å². The first-order valence-corrected chi connectivity index (χ1v) is 6.88. The highest BCUT2D eigenvalue weighted by Gasteiger charge is 2.26. The lowest BCUT2D eigenvalue weighted by Crippen LogP contribution is -2.10. The van der Waals surface area contributed by atoms with Gasteiger partial charge < -0.3 is 9.30 Å². The van der Waals surface area contributed by atoms with Gasteiger partial charge in [0.15, 0.2) is 5.78 Å². The number of rotatable bonds is 3. The van der Waals surface area contributed by atoms with Gasteiger partial charge in [0.2, 0.25) is 0 Å². The number of fused-ring (bicyclic) bond motifs is 1. The molecule has 1 aliphatic carbocycles. The molecule has 19 heavy (non-hydrogen) atoms. The quantitative estimate of drug-likeness (QED) is 0.787. The topological polar surface area (TPSA) is 31.2 Å². The molecule has 1 aliphatic rings. The third kappa shape index (κ3) is 1.93. The van der Waals surface area contributed by atoms with Gasteiger partial charge in [0, 0.05) is 30.1 Å². The minimum atomic E-state index is 0.219. The molecule has 1 aromatic carbocycles. The van der Waals surface area contributed by atoms with Crippen LogP contribution in [0.1, 0.15) is 36.0 Å². The molecule has 100 valence electrons. The average Bonchev–Trinajstić information content (AvgIpc) is 3.06. The zero-order chi connectivity index (χ0) is 13.4. The van der Waals surface area contributed by atoms with Crippen molar-refractivity contribution in [3.8, 4) is 5.75 Å². The van der Waals surface area contributed by atoms with E-state index in [-0.39, 0.29) is 5.92 Å². The summed E-state index contributed by atoms with van der Waals surface area (Å²) in [7, 11) is 3.64. The number of aromatic nitrogens is 1. The van der Waals surface area contributed by atoms with Crippen LogP contribution in [0.5, 0.6) is 5.75 Å². The number of benzene rings is 1. The molecule has 3 rings (SSSR count). The van der Waals surface area contributed by atoms with E-state index in [1.807, 2.05) is 36.0 Å². The van der Waals surface area contributed by atoms with Crippen LogP contribution in [-0.4, -0.2) is 17.5 Å². The van der Waals surface area contributed by atoms with Crippen molar-refractivity contribution in [1.29, 1.82) is 0 Å². The van der Waals surface area contributed by atoms with Crippen molar-refractivity contribution in [2.45, 2.75) is 25.7 Å². The molecule has 3 heteroatoms. The third-order valence-corrected chi connectivity index (χ3v) is 4.18. The Morgan fingerprint density at radius 1 is 1.32 bits per heavy atom. The second-order valence-corrected chi connectivity index (χ2v) is 5.36. The Kier molecular flexibility index (Phi) is 3.05. The van der Waals surface area contributed by atoms with Gasteiger partial charge in [0.1, 0.15) is 5.75 Å². The average molecular weight is 257 g/mol. The largest absolute Gasteiger partial charge is 0.495 e. The van der Waals surface area contributed by atoms with Gasteiger partial charge in [0.05, 0.1) is 12.6 Å². The van der Waals surface area contributed by atoms with Gasteiger partial charge in [-0.1, -0.05) is 25.0 Å². The van der Waals surface area contributed by atoms with Gasteiger partial charge in [0.25, 0.3) is 0 Å². The molecule has 1 aromatic heterocycles. The lowest BCUT2D eigenvalue weighted by Gasteiger charge is -2.07. The van der Waals surface area contributed by atoms with Crippen LogP contribution in [0, 0.1) is 5.92 Å². The van der Waals surface area contributed by atoms with Crippen molar-refractivity contribution in [3.05, 3.63) is 30.0 Å². The summed E-state index contributed by atoms with van der Waals surface area (Å²) in [6, 6.07) is 5.90. The van der Waals surface area contributed by atoms with Crippen LogP contribution in [-0.2, 0) is 7.05 Å². The molecular formula is C16H19NO2. The Morgan fingerprint density at radius 3 is 2.74 bits per heavy atom. The van der Waals surface area contributed by atoms with Crippen molar-refractivity contribution >= 4 is 16.7 Å². The molecule has 0 unspecified atom stereocenters. The zero-order valence-corrected chi connectivity index (χ0v) is 11.5. The van der Waals surface area contributed by atoms with E-state index in [2.05, 4.69) is 0 Å². The summed E-state index contributed by atoms with van der Waals surface area (Å²) >= 11 is 0. The second kappa shape index (κ2) is 4.72.